The highest BCUT2D eigenvalue weighted by Gasteiger charge is 2.26. The summed E-state index contributed by atoms with van der Waals surface area (Å²) in [5, 5.41) is 12.3. The smallest absolute Gasteiger partial charge is 0.241 e. The topological polar surface area (TPSA) is 52.6 Å². The SMILES string of the molecule is CCC(C(=O)Nc1ccc(F)cc1)N1CC=C(c2ccc(O)cc2)CC1. The Balaban J connectivity index is 1.64. The number of aromatic hydroxyl groups is 1. The molecule has 1 atom stereocenters. The number of phenolic OH excluding ortho intramolecular Hbond substituents is 1. The minimum absolute atomic E-state index is 0.0689. The van der Waals surface area contributed by atoms with Gasteiger partial charge in [0.1, 0.15) is 11.6 Å². The number of benzene rings is 2. The van der Waals surface area contributed by atoms with Gasteiger partial charge in [0.15, 0.2) is 0 Å². The van der Waals surface area contributed by atoms with Crippen LogP contribution in [-0.4, -0.2) is 35.0 Å². The van der Waals surface area contributed by atoms with Gasteiger partial charge in [-0.25, -0.2) is 4.39 Å². The van der Waals surface area contributed by atoms with Crippen LogP contribution in [0.2, 0.25) is 0 Å². The molecule has 0 aromatic heterocycles. The Kier molecular flexibility index (Phi) is 5.68. The quantitative estimate of drug-likeness (QED) is 0.852. The summed E-state index contributed by atoms with van der Waals surface area (Å²) in [7, 11) is 0. The molecule has 5 heteroatoms. The first-order valence-electron chi connectivity index (χ1n) is 8.85. The molecule has 1 amide bonds. The third kappa shape index (κ3) is 4.29. The van der Waals surface area contributed by atoms with E-state index in [1.165, 1.54) is 17.7 Å². The summed E-state index contributed by atoms with van der Waals surface area (Å²) in [6.45, 7) is 3.49. The second-order valence-corrected chi connectivity index (χ2v) is 6.44. The van der Waals surface area contributed by atoms with E-state index < -0.39 is 0 Å². The molecule has 3 rings (SSSR count). The summed E-state index contributed by atoms with van der Waals surface area (Å²) >= 11 is 0. The number of phenols is 1. The maximum absolute atomic E-state index is 13.0. The molecule has 1 unspecified atom stereocenters. The van der Waals surface area contributed by atoms with Crippen LogP contribution in [0.3, 0.4) is 0 Å². The summed E-state index contributed by atoms with van der Waals surface area (Å²) in [6.07, 6.45) is 3.70. The van der Waals surface area contributed by atoms with Gasteiger partial charge >= 0.3 is 0 Å². The number of nitrogens with one attached hydrogen (secondary N) is 1. The zero-order valence-corrected chi connectivity index (χ0v) is 14.8. The Bertz CT molecular complexity index is 785. The predicted molar refractivity (Wildman–Crippen MR) is 101 cm³/mol. The molecule has 2 aromatic rings. The van der Waals surface area contributed by atoms with Crippen molar-refractivity contribution in [1.29, 1.82) is 0 Å². The van der Waals surface area contributed by atoms with E-state index in [0.29, 0.717) is 18.7 Å². The van der Waals surface area contributed by atoms with E-state index in [0.717, 1.165) is 18.5 Å². The summed E-state index contributed by atoms with van der Waals surface area (Å²) in [5.74, 6) is -0.131. The molecule has 0 saturated heterocycles. The van der Waals surface area contributed by atoms with Crippen molar-refractivity contribution >= 4 is 17.2 Å². The third-order valence-corrected chi connectivity index (χ3v) is 4.72. The number of amides is 1. The van der Waals surface area contributed by atoms with Crippen LogP contribution in [0.4, 0.5) is 10.1 Å². The largest absolute Gasteiger partial charge is 0.508 e. The monoisotopic (exact) mass is 354 g/mol. The molecule has 1 aliphatic rings. The number of rotatable bonds is 5. The molecule has 0 aliphatic carbocycles. The summed E-state index contributed by atoms with van der Waals surface area (Å²) in [4.78, 5) is 14.8. The summed E-state index contributed by atoms with van der Waals surface area (Å²) < 4.78 is 13.0. The van der Waals surface area contributed by atoms with Crippen molar-refractivity contribution in [2.45, 2.75) is 25.8 Å². The van der Waals surface area contributed by atoms with E-state index in [9.17, 15) is 14.3 Å². The lowest BCUT2D eigenvalue weighted by Crippen LogP contribution is -2.45. The van der Waals surface area contributed by atoms with Crippen LogP contribution in [0.5, 0.6) is 5.75 Å². The van der Waals surface area contributed by atoms with Crippen LogP contribution in [0.15, 0.2) is 54.6 Å². The molecule has 4 nitrogen and oxygen atoms in total. The predicted octanol–water partition coefficient (Wildman–Crippen LogP) is 4.04. The number of anilines is 1. The van der Waals surface area contributed by atoms with Crippen LogP contribution in [-0.2, 0) is 4.79 Å². The van der Waals surface area contributed by atoms with Gasteiger partial charge < -0.3 is 10.4 Å². The van der Waals surface area contributed by atoms with Gasteiger partial charge in [-0.2, -0.15) is 0 Å². The van der Waals surface area contributed by atoms with E-state index in [-0.39, 0.29) is 23.5 Å². The van der Waals surface area contributed by atoms with Crippen LogP contribution >= 0.6 is 0 Å². The molecule has 1 aliphatic heterocycles. The number of halogens is 1. The zero-order chi connectivity index (χ0) is 18.5. The average Bonchev–Trinajstić information content (AvgIpc) is 2.65. The van der Waals surface area contributed by atoms with Gasteiger partial charge in [0, 0.05) is 18.8 Å². The Morgan fingerprint density at radius 3 is 2.46 bits per heavy atom. The van der Waals surface area contributed by atoms with E-state index in [4.69, 9.17) is 0 Å². The highest BCUT2D eigenvalue weighted by atomic mass is 19.1. The first-order valence-corrected chi connectivity index (χ1v) is 8.85. The van der Waals surface area contributed by atoms with Crippen molar-refractivity contribution in [3.63, 3.8) is 0 Å². The molecule has 0 fully saturated rings. The van der Waals surface area contributed by atoms with Gasteiger partial charge in [-0.1, -0.05) is 25.1 Å². The van der Waals surface area contributed by atoms with Crippen LogP contribution in [0.25, 0.3) is 5.57 Å². The van der Waals surface area contributed by atoms with Gasteiger partial charge in [0.25, 0.3) is 0 Å². The normalized spacial score (nSPS) is 16.0. The lowest BCUT2D eigenvalue weighted by Gasteiger charge is -2.32. The summed E-state index contributed by atoms with van der Waals surface area (Å²) in [6, 6.07) is 12.8. The second-order valence-electron chi connectivity index (χ2n) is 6.44. The lowest BCUT2D eigenvalue weighted by molar-refractivity contribution is -0.121. The van der Waals surface area contributed by atoms with Gasteiger partial charge in [0.2, 0.25) is 5.91 Å². The van der Waals surface area contributed by atoms with Gasteiger partial charge in [-0.05, 0) is 60.4 Å². The molecule has 0 spiro atoms. The maximum atomic E-state index is 13.0. The molecular weight excluding hydrogens is 331 g/mol. The van der Waals surface area contributed by atoms with E-state index >= 15 is 0 Å². The van der Waals surface area contributed by atoms with Crippen LogP contribution < -0.4 is 5.32 Å². The van der Waals surface area contributed by atoms with Crippen LogP contribution in [0, 0.1) is 5.82 Å². The van der Waals surface area contributed by atoms with E-state index in [1.54, 1.807) is 24.3 Å². The van der Waals surface area contributed by atoms with Crippen molar-refractivity contribution in [1.82, 2.24) is 4.90 Å². The lowest BCUT2D eigenvalue weighted by atomic mass is 9.98. The van der Waals surface area contributed by atoms with E-state index in [1.807, 2.05) is 19.1 Å². The standard InChI is InChI=1S/C21H23FN2O2/c1-2-20(21(26)23-18-7-5-17(22)6-8-18)24-13-11-16(12-14-24)15-3-9-19(25)10-4-15/h3-11,20,25H,2,12-14H2,1H3,(H,23,26). The molecule has 0 saturated carbocycles. The first-order chi connectivity index (χ1) is 12.6. The fraction of sp³-hybridized carbons (Fsp3) is 0.286. The minimum Gasteiger partial charge on any atom is -0.508 e. The fourth-order valence-corrected chi connectivity index (χ4v) is 3.27. The van der Waals surface area contributed by atoms with Gasteiger partial charge in [-0.15, -0.1) is 0 Å². The molecule has 1 heterocycles. The minimum atomic E-state index is -0.321. The highest BCUT2D eigenvalue weighted by molar-refractivity contribution is 5.94. The Hall–Kier alpha value is -2.66. The Morgan fingerprint density at radius 2 is 1.88 bits per heavy atom. The summed E-state index contributed by atoms with van der Waals surface area (Å²) in [5.41, 5.74) is 2.94. The second kappa shape index (κ2) is 8.15. The van der Waals surface area contributed by atoms with Crippen LogP contribution in [0.1, 0.15) is 25.3 Å². The van der Waals surface area contributed by atoms with Crippen molar-refractivity contribution in [3.05, 3.63) is 66.0 Å². The Morgan fingerprint density at radius 1 is 1.19 bits per heavy atom. The number of carbonyl (C=O) groups is 1. The highest BCUT2D eigenvalue weighted by Crippen LogP contribution is 2.25. The van der Waals surface area contributed by atoms with Crippen molar-refractivity contribution < 1.29 is 14.3 Å². The Labute approximate surface area is 153 Å². The van der Waals surface area contributed by atoms with Crippen molar-refractivity contribution in [2.24, 2.45) is 0 Å². The zero-order valence-electron chi connectivity index (χ0n) is 14.8. The maximum Gasteiger partial charge on any atom is 0.241 e. The van der Waals surface area contributed by atoms with E-state index in [2.05, 4.69) is 16.3 Å². The molecule has 2 N–H and O–H groups in total. The molecule has 2 aromatic carbocycles. The molecule has 0 radical (unpaired) electrons. The number of nitrogens with zero attached hydrogens (tertiary/aromatic N) is 1. The number of carbonyl (C=O) groups excluding carboxylic acids is 1. The first kappa shape index (κ1) is 18.1. The number of hydrogen-bond donors (Lipinski definition) is 2. The molecule has 136 valence electrons. The molecule has 26 heavy (non-hydrogen) atoms. The van der Waals surface area contributed by atoms with Crippen molar-refractivity contribution in [2.75, 3.05) is 18.4 Å². The number of hydrogen-bond acceptors (Lipinski definition) is 3. The van der Waals surface area contributed by atoms with Crippen molar-refractivity contribution in [3.8, 4) is 5.75 Å². The molecular formula is C21H23FN2O2. The third-order valence-electron chi connectivity index (χ3n) is 4.72. The van der Waals surface area contributed by atoms with Gasteiger partial charge in [-0.3, -0.25) is 9.69 Å². The average molecular weight is 354 g/mol. The van der Waals surface area contributed by atoms with Gasteiger partial charge in [0.05, 0.1) is 6.04 Å². The fourth-order valence-electron chi connectivity index (χ4n) is 3.27. The molecule has 0 bridgehead atoms.